The summed E-state index contributed by atoms with van der Waals surface area (Å²) < 4.78 is 0. The van der Waals surface area contributed by atoms with Gasteiger partial charge in [0.2, 0.25) is 0 Å². The minimum atomic E-state index is -0.633. The zero-order valence-electron chi connectivity index (χ0n) is 23.5. The van der Waals surface area contributed by atoms with Gasteiger partial charge in [0.15, 0.2) is 0 Å². The van der Waals surface area contributed by atoms with E-state index in [0.717, 1.165) is 36.0 Å². The Balaban J connectivity index is 1.37. The Morgan fingerprint density at radius 3 is 2.65 bits per heavy atom. The standard InChI is InChI=1S/C34H48O3/c1-23(11-9-15-32(37)33(3,4)27-13-7-6-8-14-27)29-18-19-30-25(12-10-20-34(29,30)5)16-17-26-21-28(35)22-31(36)24(26)2/h6-8,13-14,16-17,23,28-31,35-36H,2,9-12,15,18-22H2,1,3-5H3/b25-16+,26-17-/t23-,28-,29?,30?,31+,34-/m1/s1. The van der Waals surface area contributed by atoms with Gasteiger partial charge < -0.3 is 10.2 Å². The molecule has 4 rings (SSSR count). The van der Waals surface area contributed by atoms with Crippen molar-refractivity contribution in [3.8, 4) is 0 Å². The monoisotopic (exact) mass is 504 g/mol. The number of carbonyl (C=O) groups is 1. The lowest BCUT2D eigenvalue weighted by atomic mass is 9.60. The van der Waals surface area contributed by atoms with E-state index >= 15 is 0 Å². The smallest absolute Gasteiger partial charge is 0.142 e. The Morgan fingerprint density at radius 2 is 1.92 bits per heavy atom. The number of Topliss-reactive ketones (excluding diaryl/α,β-unsaturated/α-hetero) is 1. The van der Waals surface area contributed by atoms with E-state index in [4.69, 9.17) is 0 Å². The van der Waals surface area contributed by atoms with Crippen molar-refractivity contribution in [3.63, 3.8) is 0 Å². The Hall–Kier alpha value is -1.97. The summed E-state index contributed by atoms with van der Waals surface area (Å²) in [4.78, 5) is 13.1. The van der Waals surface area contributed by atoms with Gasteiger partial charge in [-0.1, -0.05) is 74.9 Å². The largest absolute Gasteiger partial charge is 0.393 e. The molecule has 3 nitrogen and oxygen atoms in total. The van der Waals surface area contributed by atoms with Crippen LogP contribution in [0.15, 0.2) is 65.8 Å². The van der Waals surface area contributed by atoms with Crippen molar-refractivity contribution in [2.45, 2.75) is 110 Å². The molecule has 3 aliphatic carbocycles. The molecule has 0 saturated heterocycles. The number of aliphatic hydroxyl groups excluding tert-OH is 2. The summed E-state index contributed by atoms with van der Waals surface area (Å²) in [6.07, 6.45) is 13.2. The molecule has 0 radical (unpaired) electrons. The van der Waals surface area contributed by atoms with E-state index < -0.39 is 17.6 Å². The van der Waals surface area contributed by atoms with Gasteiger partial charge in [0.25, 0.3) is 0 Å². The minimum Gasteiger partial charge on any atom is -0.393 e. The number of allylic oxidation sites excluding steroid dienone is 3. The molecule has 2 unspecified atom stereocenters. The summed E-state index contributed by atoms with van der Waals surface area (Å²) in [7, 11) is 0. The van der Waals surface area contributed by atoms with Crippen LogP contribution in [0.4, 0.5) is 0 Å². The van der Waals surface area contributed by atoms with Crippen molar-refractivity contribution < 1.29 is 15.0 Å². The van der Waals surface area contributed by atoms with Crippen LogP contribution in [0.2, 0.25) is 0 Å². The van der Waals surface area contributed by atoms with E-state index in [0.29, 0.717) is 48.2 Å². The summed E-state index contributed by atoms with van der Waals surface area (Å²) in [5.41, 5.74) is 4.30. The van der Waals surface area contributed by atoms with E-state index in [-0.39, 0.29) is 0 Å². The van der Waals surface area contributed by atoms with Crippen LogP contribution in [-0.2, 0) is 10.2 Å². The minimum absolute atomic E-state index is 0.317. The van der Waals surface area contributed by atoms with Crippen LogP contribution in [0.25, 0.3) is 0 Å². The predicted octanol–water partition coefficient (Wildman–Crippen LogP) is 7.48. The van der Waals surface area contributed by atoms with Crippen LogP contribution in [0.3, 0.4) is 0 Å². The number of rotatable bonds is 8. The summed E-state index contributed by atoms with van der Waals surface area (Å²) in [5.74, 6) is 2.26. The van der Waals surface area contributed by atoms with Crippen LogP contribution >= 0.6 is 0 Å². The summed E-state index contributed by atoms with van der Waals surface area (Å²) in [5, 5.41) is 20.3. The van der Waals surface area contributed by atoms with Crippen molar-refractivity contribution in [2.24, 2.45) is 23.2 Å². The first kappa shape index (κ1) is 28.0. The summed E-state index contributed by atoms with van der Waals surface area (Å²) in [6, 6.07) is 10.2. The number of aliphatic hydroxyl groups is 2. The van der Waals surface area contributed by atoms with Crippen LogP contribution in [0, 0.1) is 23.2 Å². The quantitative estimate of drug-likeness (QED) is 0.386. The fourth-order valence-electron chi connectivity index (χ4n) is 7.79. The lowest BCUT2D eigenvalue weighted by Crippen LogP contribution is -2.36. The SMILES string of the molecule is C=C1/C(=C\C=C2/CCC[C@@]3(C)C2CCC3[C@H](C)CCCC(=O)C(C)(C)c2ccccc2)C[C@@H](O)C[C@@H]1O. The third kappa shape index (κ3) is 5.88. The molecule has 0 heterocycles. The summed E-state index contributed by atoms with van der Waals surface area (Å²) >= 11 is 0. The molecule has 3 aliphatic rings. The van der Waals surface area contributed by atoms with Gasteiger partial charge >= 0.3 is 0 Å². The van der Waals surface area contributed by atoms with E-state index in [1.807, 2.05) is 18.2 Å². The molecule has 0 aromatic heterocycles. The van der Waals surface area contributed by atoms with E-state index in [2.05, 4.69) is 58.6 Å². The number of fused-ring (bicyclic) bond motifs is 1. The second-order valence-corrected chi connectivity index (χ2v) is 12.9. The van der Waals surface area contributed by atoms with E-state index in [1.165, 1.54) is 31.3 Å². The van der Waals surface area contributed by atoms with Gasteiger partial charge in [-0.2, -0.15) is 0 Å². The number of carbonyl (C=O) groups excluding carboxylic acids is 1. The Bertz CT molecular complexity index is 1030. The molecular weight excluding hydrogens is 456 g/mol. The van der Waals surface area contributed by atoms with Gasteiger partial charge in [-0.3, -0.25) is 4.79 Å². The maximum atomic E-state index is 13.1. The van der Waals surface area contributed by atoms with E-state index in [9.17, 15) is 15.0 Å². The molecule has 6 atom stereocenters. The topological polar surface area (TPSA) is 57.5 Å². The maximum Gasteiger partial charge on any atom is 0.142 e. The van der Waals surface area contributed by atoms with Crippen molar-refractivity contribution in [1.82, 2.24) is 0 Å². The fraction of sp³-hybridized carbons (Fsp3) is 0.618. The van der Waals surface area contributed by atoms with Gasteiger partial charge in [-0.15, -0.1) is 0 Å². The van der Waals surface area contributed by atoms with Crippen LogP contribution in [0.1, 0.15) is 97.5 Å². The van der Waals surface area contributed by atoms with Crippen molar-refractivity contribution in [2.75, 3.05) is 0 Å². The molecule has 37 heavy (non-hydrogen) atoms. The highest BCUT2D eigenvalue weighted by molar-refractivity contribution is 5.89. The normalized spacial score (nSPS) is 33.5. The van der Waals surface area contributed by atoms with Crippen molar-refractivity contribution in [3.05, 3.63) is 71.3 Å². The average molecular weight is 505 g/mol. The van der Waals surface area contributed by atoms with Crippen LogP contribution < -0.4 is 0 Å². The number of hydrogen-bond acceptors (Lipinski definition) is 3. The highest BCUT2D eigenvalue weighted by Gasteiger charge is 2.50. The number of benzene rings is 1. The molecule has 3 fully saturated rings. The molecule has 0 aliphatic heterocycles. The highest BCUT2D eigenvalue weighted by atomic mass is 16.3. The third-order valence-electron chi connectivity index (χ3n) is 10.2. The van der Waals surface area contributed by atoms with Gasteiger partial charge in [0.1, 0.15) is 5.78 Å². The van der Waals surface area contributed by atoms with Crippen molar-refractivity contribution in [1.29, 1.82) is 0 Å². The van der Waals surface area contributed by atoms with Gasteiger partial charge in [-0.25, -0.2) is 0 Å². The molecule has 0 amide bonds. The lowest BCUT2D eigenvalue weighted by Gasteiger charge is -2.44. The first-order valence-electron chi connectivity index (χ1n) is 14.6. The maximum absolute atomic E-state index is 13.1. The Morgan fingerprint density at radius 1 is 1.19 bits per heavy atom. The van der Waals surface area contributed by atoms with Crippen molar-refractivity contribution >= 4 is 5.78 Å². The Labute approximate surface area is 224 Å². The van der Waals surface area contributed by atoms with E-state index in [1.54, 1.807) is 0 Å². The number of hydrogen-bond donors (Lipinski definition) is 2. The molecule has 202 valence electrons. The third-order valence-corrected chi connectivity index (χ3v) is 10.2. The predicted molar refractivity (Wildman–Crippen MR) is 152 cm³/mol. The second-order valence-electron chi connectivity index (χ2n) is 12.9. The van der Waals surface area contributed by atoms with Gasteiger partial charge in [0.05, 0.1) is 12.2 Å². The molecule has 2 N–H and O–H groups in total. The van der Waals surface area contributed by atoms with Crippen LogP contribution in [0.5, 0.6) is 0 Å². The second kappa shape index (κ2) is 11.4. The molecule has 3 saturated carbocycles. The summed E-state index contributed by atoms with van der Waals surface area (Å²) in [6.45, 7) is 13.1. The molecule has 3 heteroatoms. The van der Waals surface area contributed by atoms with Gasteiger partial charge in [0, 0.05) is 18.3 Å². The highest BCUT2D eigenvalue weighted by Crippen LogP contribution is 2.60. The first-order valence-corrected chi connectivity index (χ1v) is 14.6. The van der Waals surface area contributed by atoms with Gasteiger partial charge in [-0.05, 0) is 98.7 Å². The molecule has 1 aromatic carbocycles. The average Bonchev–Trinajstić information content (AvgIpc) is 3.23. The molecule has 1 aromatic rings. The zero-order chi connectivity index (χ0) is 26.8. The Kier molecular flexibility index (Phi) is 8.65. The fourth-order valence-corrected chi connectivity index (χ4v) is 7.79. The zero-order valence-corrected chi connectivity index (χ0v) is 23.5. The molecular formula is C34H48O3. The lowest BCUT2D eigenvalue weighted by molar-refractivity contribution is -0.123. The molecule has 0 spiro atoms. The van der Waals surface area contributed by atoms with Crippen LogP contribution in [-0.4, -0.2) is 28.2 Å². The first-order chi connectivity index (χ1) is 17.5. The molecule has 0 bridgehead atoms. The number of ketones is 1.